The molecule has 0 saturated carbocycles. The summed E-state index contributed by atoms with van der Waals surface area (Å²) < 4.78 is 4.47. The van der Waals surface area contributed by atoms with Gasteiger partial charge >= 0.3 is 5.97 Å². The van der Waals surface area contributed by atoms with E-state index in [0.717, 1.165) is 0 Å². The van der Waals surface area contributed by atoms with Crippen molar-refractivity contribution < 1.29 is 14.6 Å². The summed E-state index contributed by atoms with van der Waals surface area (Å²) in [5, 5.41) is 10.6. The van der Waals surface area contributed by atoms with Gasteiger partial charge in [0, 0.05) is 6.04 Å². The molecule has 0 fully saturated rings. The van der Waals surface area contributed by atoms with Gasteiger partial charge in [0.2, 0.25) is 0 Å². The van der Waals surface area contributed by atoms with Gasteiger partial charge in [0.1, 0.15) is 0 Å². The molecule has 0 radical (unpaired) electrons. The van der Waals surface area contributed by atoms with Gasteiger partial charge in [0.15, 0.2) is 0 Å². The van der Waals surface area contributed by atoms with Crippen LogP contribution < -0.4 is 5.73 Å². The summed E-state index contributed by atoms with van der Waals surface area (Å²) in [6, 6.07) is 3.94. The zero-order chi connectivity index (χ0) is 13.0. The standard InChI is InChI=1S/C11H13Cl2NO3/c1-17-10(15)5-9(14)11(16)6-2-3-7(12)8(13)4-6/h2-4,9,11,16H,5,14H2,1H3. The number of rotatable bonds is 4. The first-order valence-electron chi connectivity index (χ1n) is 4.91. The number of esters is 1. The highest BCUT2D eigenvalue weighted by molar-refractivity contribution is 6.42. The lowest BCUT2D eigenvalue weighted by Crippen LogP contribution is -2.31. The van der Waals surface area contributed by atoms with Crippen LogP contribution in [0.1, 0.15) is 18.1 Å². The normalized spacial score (nSPS) is 14.2. The summed E-state index contributed by atoms with van der Waals surface area (Å²) in [5.74, 6) is -0.475. The summed E-state index contributed by atoms with van der Waals surface area (Å²) in [7, 11) is 1.26. The quantitative estimate of drug-likeness (QED) is 0.825. The number of aliphatic hydroxyl groups excluding tert-OH is 1. The van der Waals surface area contributed by atoms with E-state index < -0.39 is 18.1 Å². The number of ether oxygens (including phenoxy) is 1. The van der Waals surface area contributed by atoms with Gasteiger partial charge in [-0.05, 0) is 17.7 Å². The van der Waals surface area contributed by atoms with Gasteiger partial charge in [0.05, 0.1) is 29.7 Å². The van der Waals surface area contributed by atoms with E-state index in [1.165, 1.54) is 13.2 Å². The average Bonchev–Trinajstić information content (AvgIpc) is 2.31. The van der Waals surface area contributed by atoms with Crippen molar-refractivity contribution in [2.75, 3.05) is 7.11 Å². The minimum absolute atomic E-state index is 0.0715. The topological polar surface area (TPSA) is 72.5 Å². The fourth-order valence-corrected chi connectivity index (χ4v) is 1.64. The molecule has 94 valence electrons. The lowest BCUT2D eigenvalue weighted by molar-refractivity contribution is -0.141. The largest absolute Gasteiger partial charge is 0.469 e. The molecule has 0 saturated heterocycles. The molecule has 1 rings (SSSR count). The third-order valence-electron chi connectivity index (χ3n) is 2.32. The Morgan fingerprint density at radius 1 is 1.47 bits per heavy atom. The maximum absolute atomic E-state index is 11.0. The van der Waals surface area contributed by atoms with Crippen molar-refractivity contribution in [3.8, 4) is 0 Å². The summed E-state index contributed by atoms with van der Waals surface area (Å²) in [4.78, 5) is 11.0. The molecule has 0 aliphatic rings. The summed E-state index contributed by atoms with van der Waals surface area (Å²) in [5.41, 5.74) is 6.20. The Balaban J connectivity index is 2.77. The molecule has 0 amide bonds. The van der Waals surface area contributed by atoms with Crippen LogP contribution in [0, 0.1) is 0 Å². The molecular formula is C11H13Cl2NO3. The van der Waals surface area contributed by atoms with E-state index in [0.29, 0.717) is 15.6 Å². The van der Waals surface area contributed by atoms with Crippen molar-refractivity contribution in [3.63, 3.8) is 0 Å². The average molecular weight is 278 g/mol. The molecule has 0 aromatic heterocycles. The fourth-order valence-electron chi connectivity index (χ4n) is 1.33. The minimum Gasteiger partial charge on any atom is -0.469 e. The molecule has 1 aromatic carbocycles. The maximum Gasteiger partial charge on any atom is 0.307 e. The van der Waals surface area contributed by atoms with E-state index in [1.54, 1.807) is 12.1 Å². The van der Waals surface area contributed by atoms with Gasteiger partial charge < -0.3 is 15.6 Å². The Morgan fingerprint density at radius 2 is 2.12 bits per heavy atom. The molecule has 2 atom stereocenters. The molecule has 0 aliphatic heterocycles. The molecule has 17 heavy (non-hydrogen) atoms. The Kier molecular flexibility index (Phi) is 5.21. The number of methoxy groups -OCH3 is 1. The second-order valence-electron chi connectivity index (χ2n) is 3.56. The van der Waals surface area contributed by atoms with E-state index in [-0.39, 0.29) is 6.42 Å². The smallest absolute Gasteiger partial charge is 0.307 e. The van der Waals surface area contributed by atoms with Crippen LogP contribution in [-0.2, 0) is 9.53 Å². The van der Waals surface area contributed by atoms with Crippen molar-refractivity contribution in [2.24, 2.45) is 5.73 Å². The first kappa shape index (κ1) is 14.3. The molecule has 3 N–H and O–H groups in total. The Hall–Kier alpha value is -0.810. The molecular weight excluding hydrogens is 265 g/mol. The first-order valence-corrected chi connectivity index (χ1v) is 5.66. The van der Waals surface area contributed by atoms with Crippen molar-refractivity contribution >= 4 is 29.2 Å². The van der Waals surface area contributed by atoms with Gasteiger partial charge in [-0.25, -0.2) is 0 Å². The second-order valence-corrected chi connectivity index (χ2v) is 4.38. The zero-order valence-corrected chi connectivity index (χ0v) is 10.7. The molecule has 2 unspecified atom stereocenters. The molecule has 1 aromatic rings. The molecule has 0 aliphatic carbocycles. The van der Waals surface area contributed by atoms with Crippen LogP contribution in [0.2, 0.25) is 10.0 Å². The molecule has 4 nitrogen and oxygen atoms in total. The van der Waals surface area contributed by atoms with Crippen molar-refractivity contribution in [1.29, 1.82) is 0 Å². The van der Waals surface area contributed by atoms with E-state index >= 15 is 0 Å². The first-order chi connectivity index (χ1) is 7.95. The molecule has 0 heterocycles. The van der Waals surface area contributed by atoms with Crippen LogP contribution in [0.4, 0.5) is 0 Å². The summed E-state index contributed by atoms with van der Waals surface area (Å²) in [6.07, 6.45) is -1.07. The Morgan fingerprint density at radius 3 is 2.65 bits per heavy atom. The van der Waals surface area contributed by atoms with Crippen LogP contribution in [0.5, 0.6) is 0 Å². The van der Waals surface area contributed by atoms with E-state index in [1.807, 2.05) is 0 Å². The lowest BCUT2D eigenvalue weighted by Gasteiger charge is -2.18. The fraction of sp³-hybridized carbons (Fsp3) is 0.364. The molecule has 0 spiro atoms. The number of hydrogen-bond donors (Lipinski definition) is 2. The molecule has 6 heteroatoms. The van der Waals surface area contributed by atoms with Gasteiger partial charge in [-0.3, -0.25) is 4.79 Å². The van der Waals surface area contributed by atoms with Crippen molar-refractivity contribution in [3.05, 3.63) is 33.8 Å². The second kappa shape index (κ2) is 6.21. The Bertz CT molecular complexity index is 412. The summed E-state index contributed by atoms with van der Waals surface area (Å²) >= 11 is 11.6. The number of aliphatic hydroxyl groups is 1. The SMILES string of the molecule is COC(=O)CC(N)C(O)c1ccc(Cl)c(Cl)c1. The number of hydrogen-bond acceptors (Lipinski definition) is 4. The number of carbonyl (C=O) groups is 1. The monoisotopic (exact) mass is 277 g/mol. The number of nitrogens with two attached hydrogens (primary N) is 1. The number of carbonyl (C=O) groups excluding carboxylic acids is 1. The van der Waals surface area contributed by atoms with Crippen LogP contribution in [0.3, 0.4) is 0 Å². The molecule has 0 bridgehead atoms. The number of halogens is 2. The van der Waals surface area contributed by atoms with Gasteiger partial charge in [-0.15, -0.1) is 0 Å². The van der Waals surface area contributed by atoms with Crippen molar-refractivity contribution in [1.82, 2.24) is 0 Å². The highest BCUT2D eigenvalue weighted by Crippen LogP contribution is 2.27. The predicted octanol–water partition coefficient (Wildman–Crippen LogP) is 1.92. The van der Waals surface area contributed by atoms with Crippen LogP contribution in [-0.4, -0.2) is 24.2 Å². The summed E-state index contributed by atoms with van der Waals surface area (Å²) in [6.45, 7) is 0. The zero-order valence-electron chi connectivity index (χ0n) is 9.19. The van der Waals surface area contributed by atoms with Gasteiger partial charge in [-0.1, -0.05) is 29.3 Å². The van der Waals surface area contributed by atoms with E-state index in [4.69, 9.17) is 28.9 Å². The van der Waals surface area contributed by atoms with E-state index in [2.05, 4.69) is 4.74 Å². The van der Waals surface area contributed by atoms with Crippen molar-refractivity contribution in [2.45, 2.75) is 18.6 Å². The number of benzene rings is 1. The highest BCUT2D eigenvalue weighted by Gasteiger charge is 2.20. The predicted molar refractivity (Wildman–Crippen MR) is 66.0 cm³/mol. The van der Waals surface area contributed by atoms with Gasteiger partial charge in [0.25, 0.3) is 0 Å². The van der Waals surface area contributed by atoms with Crippen LogP contribution in [0.15, 0.2) is 18.2 Å². The Labute approximate surface area is 109 Å². The van der Waals surface area contributed by atoms with Crippen LogP contribution >= 0.6 is 23.2 Å². The van der Waals surface area contributed by atoms with Gasteiger partial charge in [-0.2, -0.15) is 0 Å². The third kappa shape index (κ3) is 3.85. The lowest BCUT2D eigenvalue weighted by atomic mass is 10.0. The minimum atomic E-state index is -0.996. The highest BCUT2D eigenvalue weighted by atomic mass is 35.5. The van der Waals surface area contributed by atoms with E-state index in [9.17, 15) is 9.90 Å². The maximum atomic E-state index is 11.0. The van der Waals surface area contributed by atoms with Crippen LogP contribution in [0.25, 0.3) is 0 Å². The third-order valence-corrected chi connectivity index (χ3v) is 3.06.